The summed E-state index contributed by atoms with van der Waals surface area (Å²) in [6.07, 6.45) is 0.434. The highest BCUT2D eigenvalue weighted by Crippen LogP contribution is 2.35. The van der Waals surface area contributed by atoms with Crippen molar-refractivity contribution in [3.05, 3.63) is 96.1 Å². The molecule has 1 unspecified atom stereocenters. The average molecular weight is 441 g/mol. The predicted molar refractivity (Wildman–Crippen MR) is 127 cm³/mol. The lowest BCUT2D eigenvalue weighted by molar-refractivity contribution is -0.117. The average Bonchev–Trinajstić information content (AvgIpc) is 3.30. The second-order valence-electron chi connectivity index (χ2n) is 7.54. The molecule has 0 fully saturated rings. The Kier molecular flexibility index (Phi) is 6.45. The highest BCUT2D eigenvalue weighted by atomic mass is 16.2. The maximum atomic E-state index is 13.0. The highest BCUT2D eigenvalue weighted by Gasteiger charge is 2.32. The third-order valence-electron chi connectivity index (χ3n) is 5.18. The molecule has 8 heteroatoms. The first kappa shape index (κ1) is 21.8. The number of anilines is 2. The molecule has 1 heterocycles. The van der Waals surface area contributed by atoms with E-state index < -0.39 is 11.8 Å². The van der Waals surface area contributed by atoms with Crippen molar-refractivity contribution in [1.29, 1.82) is 0 Å². The van der Waals surface area contributed by atoms with E-state index in [-0.39, 0.29) is 18.5 Å². The van der Waals surface area contributed by atoms with Crippen LogP contribution in [0.25, 0.3) is 0 Å². The number of carbonyl (C=O) groups excluding carboxylic acids is 3. The van der Waals surface area contributed by atoms with Crippen LogP contribution in [0.15, 0.2) is 90.0 Å². The Labute approximate surface area is 191 Å². The number of para-hydroxylation sites is 1. The molecule has 0 aliphatic carbocycles. The smallest absolute Gasteiger partial charge is 0.271 e. The molecular weight excluding hydrogens is 418 g/mol. The van der Waals surface area contributed by atoms with Crippen LogP contribution in [0.2, 0.25) is 0 Å². The molecular formula is C25H23N5O3. The maximum Gasteiger partial charge on any atom is 0.271 e. The van der Waals surface area contributed by atoms with E-state index in [0.717, 1.165) is 11.3 Å². The SMILES string of the molecule is NC(=O)CNC(=O)c1cccc(NC(=O)C2=NN(c3ccccc3)C(c3ccccc3)C2)c1. The van der Waals surface area contributed by atoms with Crippen molar-refractivity contribution in [2.45, 2.75) is 12.5 Å². The number of amides is 3. The monoisotopic (exact) mass is 441 g/mol. The zero-order chi connectivity index (χ0) is 23.2. The molecule has 1 atom stereocenters. The number of nitrogens with one attached hydrogen (secondary N) is 2. The molecule has 1 aliphatic heterocycles. The molecule has 0 saturated heterocycles. The third kappa shape index (κ3) is 5.24. The van der Waals surface area contributed by atoms with E-state index in [0.29, 0.717) is 23.4 Å². The molecule has 3 amide bonds. The minimum Gasteiger partial charge on any atom is -0.368 e. The highest BCUT2D eigenvalue weighted by molar-refractivity contribution is 6.43. The summed E-state index contributed by atoms with van der Waals surface area (Å²) in [4.78, 5) is 36.1. The van der Waals surface area contributed by atoms with E-state index in [1.165, 1.54) is 6.07 Å². The van der Waals surface area contributed by atoms with Gasteiger partial charge < -0.3 is 16.4 Å². The number of rotatable bonds is 7. The number of hydrogen-bond acceptors (Lipinski definition) is 5. The summed E-state index contributed by atoms with van der Waals surface area (Å²) >= 11 is 0. The van der Waals surface area contributed by atoms with Crippen molar-refractivity contribution >= 4 is 34.8 Å². The minimum absolute atomic E-state index is 0.111. The largest absolute Gasteiger partial charge is 0.368 e. The number of primary amides is 1. The van der Waals surface area contributed by atoms with Gasteiger partial charge in [0.15, 0.2) is 0 Å². The molecule has 0 saturated carbocycles. The van der Waals surface area contributed by atoms with Crippen LogP contribution in [0.1, 0.15) is 28.4 Å². The Bertz CT molecular complexity index is 1190. The zero-order valence-electron chi connectivity index (χ0n) is 17.8. The number of carbonyl (C=O) groups is 3. The Balaban J connectivity index is 1.53. The van der Waals surface area contributed by atoms with E-state index in [1.54, 1.807) is 18.2 Å². The second kappa shape index (κ2) is 9.78. The third-order valence-corrected chi connectivity index (χ3v) is 5.18. The van der Waals surface area contributed by atoms with Gasteiger partial charge in [0.05, 0.1) is 18.3 Å². The summed E-state index contributed by atoms with van der Waals surface area (Å²) in [6.45, 7) is -0.261. The van der Waals surface area contributed by atoms with E-state index in [4.69, 9.17) is 5.73 Å². The number of benzene rings is 3. The molecule has 1 aliphatic rings. The number of hydrazone groups is 1. The van der Waals surface area contributed by atoms with E-state index in [1.807, 2.05) is 65.7 Å². The van der Waals surface area contributed by atoms with Crippen molar-refractivity contribution < 1.29 is 14.4 Å². The summed E-state index contributed by atoms with van der Waals surface area (Å²) in [5.41, 5.74) is 8.15. The number of nitrogens with zero attached hydrogens (tertiary/aromatic N) is 2. The van der Waals surface area contributed by atoms with Crippen LogP contribution in [0.4, 0.5) is 11.4 Å². The van der Waals surface area contributed by atoms with Gasteiger partial charge in [0.2, 0.25) is 5.91 Å². The molecule has 0 aromatic heterocycles. The Hall–Kier alpha value is -4.46. The summed E-state index contributed by atoms with van der Waals surface area (Å²) in [6, 6.07) is 26.0. The standard InChI is InChI=1S/C25H23N5O3/c26-23(31)16-27-24(32)18-10-7-11-19(14-18)28-25(33)21-15-22(17-8-3-1-4-9-17)30(29-21)20-12-5-2-6-13-20/h1-14,22H,15-16H2,(H2,26,31)(H,27,32)(H,28,33). The van der Waals surface area contributed by atoms with Crippen LogP contribution in [-0.4, -0.2) is 30.0 Å². The molecule has 0 spiro atoms. The Morgan fingerprint density at radius 3 is 2.30 bits per heavy atom. The normalized spacial score (nSPS) is 15.0. The fourth-order valence-electron chi connectivity index (χ4n) is 3.61. The van der Waals surface area contributed by atoms with Crippen molar-refractivity contribution in [2.24, 2.45) is 10.8 Å². The van der Waals surface area contributed by atoms with Crippen LogP contribution in [0, 0.1) is 0 Å². The van der Waals surface area contributed by atoms with Crippen LogP contribution in [0.3, 0.4) is 0 Å². The number of hydrogen-bond donors (Lipinski definition) is 3. The van der Waals surface area contributed by atoms with Crippen LogP contribution in [0.5, 0.6) is 0 Å². The lowest BCUT2D eigenvalue weighted by Crippen LogP contribution is -2.33. The van der Waals surface area contributed by atoms with Gasteiger partial charge in [-0.05, 0) is 35.9 Å². The van der Waals surface area contributed by atoms with Gasteiger partial charge in [-0.2, -0.15) is 5.10 Å². The minimum atomic E-state index is -0.636. The first-order valence-corrected chi connectivity index (χ1v) is 10.5. The van der Waals surface area contributed by atoms with Crippen molar-refractivity contribution in [1.82, 2.24) is 5.32 Å². The fourth-order valence-corrected chi connectivity index (χ4v) is 3.61. The van der Waals surface area contributed by atoms with Gasteiger partial charge in [-0.3, -0.25) is 19.4 Å². The predicted octanol–water partition coefficient (Wildman–Crippen LogP) is 2.85. The Morgan fingerprint density at radius 1 is 0.909 bits per heavy atom. The van der Waals surface area contributed by atoms with E-state index in [9.17, 15) is 14.4 Å². The molecule has 4 rings (SSSR count). The molecule has 3 aromatic rings. The summed E-state index contributed by atoms with van der Waals surface area (Å²) < 4.78 is 0. The molecule has 166 valence electrons. The zero-order valence-corrected chi connectivity index (χ0v) is 17.8. The van der Waals surface area contributed by atoms with E-state index in [2.05, 4.69) is 15.7 Å². The maximum absolute atomic E-state index is 13.0. The molecule has 3 aromatic carbocycles. The topological polar surface area (TPSA) is 117 Å². The van der Waals surface area contributed by atoms with Gasteiger partial charge in [0.1, 0.15) is 5.71 Å². The molecule has 33 heavy (non-hydrogen) atoms. The number of nitrogens with two attached hydrogens (primary N) is 1. The first-order chi connectivity index (χ1) is 16.0. The molecule has 8 nitrogen and oxygen atoms in total. The van der Waals surface area contributed by atoms with Gasteiger partial charge >= 0.3 is 0 Å². The summed E-state index contributed by atoms with van der Waals surface area (Å²) in [5, 5.41) is 11.7. The summed E-state index contributed by atoms with van der Waals surface area (Å²) in [7, 11) is 0. The summed E-state index contributed by atoms with van der Waals surface area (Å²) in [5.74, 6) is -1.44. The fraction of sp³-hybridized carbons (Fsp3) is 0.120. The van der Waals surface area contributed by atoms with Crippen molar-refractivity contribution in [2.75, 3.05) is 16.9 Å². The molecule has 0 radical (unpaired) electrons. The quantitative estimate of drug-likeness (QED) is 0.523. The lowest BCUT2D eigenvalue weighted by atomic mass is 10.0. The molecule has 4 N–H and O–H groups in total. The van der Waals surface area contributed by atoms with Crippen LogP contribution in [-0.2, 0) is 9.59 Å². The molecule has 0 bridgehead atoms. The van der Waals surface area contributed by atoms with E-state index >= 15 is 0 Å². The Morgan fingerprint density at radius 2 is 1.61 bits per heavy atom. The van der Waals surface area contributed by atoms with Crippen molar-refractivity contribution in [3.63, 3.8) is 0 Å². The van der Waals surface area contributed by atoms with Gasteiger partial charge in [0.25, 0.3) is 11.8 Å². The second-order valence-corrected chi connectivity index (χ2v) is 7.54. The van der Waals surface area contributed by atoms with Crippen LogP contribution >= 0.6 is 0 Å². The van der Waals surface area contributed by atoms with Gasteiger partial charge in [-0.25, -0.2) is 0 Å². The van der Waals surface area contributed by atoms with Gasteiger partial charge in [-0.15, -0.1) is 0 Å². The van der Waals surface area contributed by atoms with Crippen molar-refractivity contribution in [3.8, 4) is 0 Å². The van der Waals surface area contributed by atoms with Crippen LogP contribution < -0.4 is 21.4 Å². The first-order valence-electron chi connectivity index (χ1n) is 10.5. The van der Waals surface area contributed by atoms with Gasteiger partial charge in [0, 0.05) is 17.7 Å². The van der Waals surface area contributed by atoms with Gasteiger partial charge in [-0.1, -0.05) is 54.6 Å². The lowest BCUT2D eigenvalue weighted by Gasteiger charge is -2.23.